The van der Waals surface area contributed by atoms with Crippen LogP contribution in [-0.4, -0.2) is 35.3 Å². The summed E-state index contributed by atoms with van der Waals surface area (Å²) >= 11 is 0. The third kappa shape index (κ3) is 2.49. The lowest BCUT2D eigenvalue weighted by molar-refractivity contribution is 0.140. The molecule has 1 N–H and O–H groups in total. The Balaban J connectivity index is 2.08. The van der Waals surface area contributed by atoms with Gasteiger partial charge < -0.3 is 10.3 Å². The summed E-state index contributed by atoms with van der Waals surface area (Å²) in [6.07, 6.45) is 1.22. The minimum atomic E-state index is 0.575. The Hall–Kier alpha value is -0.960. The largest absolute Gasteiger partial charge is 0.323 e. The van der Waals surface area contributed by atoms with Crippen LogP contribution in [0.3, 0.4) is 0 Å². The Morgan fingerprint density at radius 2 is 1.76 bits per heavy atom. The van der Waals surface area contributed by atoms with Crippen molar-refractivity contribution in [1.29, 1.82) is 0 Å². The van der Waals surface area contributed by atoms with Crippen LogP contribution >= 0.6 is 0 Å². The first-order valence-electron chi connectivity index (χ1n) is 6.60. The van der Waals surface area contributed by atoms with E-state index in [1.54, 1.807) is 0 Å². The van der Waals surface area contributed by atoms with Crippen LogP contribution in [0.2, 0.25) is 0 Å². The van der Waals surface area contributed by atoms with Crippen LogP contribution in [-0.2, 0) is 0 Å². The smallest absolute Gasteiger partial charge is 0.0477 e. The Morgan fingerprint density at radius 1 is 1.18 bits per heavy atom. The fourth-order valence-electron chi connectivity index (χ4n) is 2.76. The third-order valence-corrected chi connectivity index (χ3v) is 4.18. The molecule has 0 spiro atoms. The van der Waals surface area contributed by atoms with Crippen molar-refractivity contribution in [3.63, 3.8) is 0 Å². The minimum absolute atomic E-state index is 0.575. The van der Waals surface area contributed by atoms with E-state index in [-0.39, 0.29) is 0 Å². The van der Waals surface area contributed by atoms with Gasteiger partial charge in [0.25, 0.3) is 0 Å². The molecule has 3 nitrogen and oxygen atoms in total. The van der Waals surface area contributed by atoms with Crippen molar-refractivity contribution in [2.75, 3.05) is 19.0 Å². The van der Waals surface area contributed by atoms with Crippen molar-refractivity contribution in [2.45, 2.75) is 46.2 Å². The summed E-state index contributed by atoms with van der Waals surface area (Å²) in [7, 11) is 2.23. The molecule has 0 aromatic carbocycles. The van der Waals surface area contributed by atoms with Gasteiger partial charge in [-0.2, -0.15) is 0 Å². The molecule has 96 valence electrons. The molecular weight excluding hydrogens is 210 g/mol. The average molecular weight is 235 g/mol. The predicted molar refractivity (Wildman–Crippen MR) is 72.9 cm³/mol. The minimum Gasteiger partial charge on any atom is -0.323 e. The van der Waals surface area contributed by atoms with Crippen molar-refractivity contribution in [1.82, 2.24) is 9.58 Å². The van der Waals surface area contributed by atoms with Crippen LogP contribution in [0.15, 0.2) is 12.1 Å². The molecule has 1 aliphatic heterocycles. The van der Waals surface area contributed by atoms with Crippen LogP contribution in [0.5, 0.6) is 0 Å². The number of rotatable bonds is 2. The maximum absolute atomic E-state index is 3.69. The predicted octanol–water partition coefficient (Wildman–Crippen LogP) is 2.38. The number of hydrogen-bond donors (Lipinski definition) is 1. The van der Waals surface area contributed by atoms with Crippen LogP contribution in [0, 0.1) is 19.8 Å². The second kappa shape index (κ2) is 4.73. The Bertz CT molecular complexity index is 363. The van der Waals surface area contributed by atoms with E-state index in [1.807, 2.05) is 0 Å². The number of aromatic nitrogens is 1. The lowest BCUT2D eigenvalue weighted by atomic mass is 9.90. The second-order valence-corrected chi connectivity index (χ2v) is 5.69. The molecular formula is C14H25N3. The van der Waals surface area contributed by atoms with Gasteiger partial charge in [-0.25, -0.2) is 0 Å². The van der Waals surface area contributed by atoms with E-state index in [9.17, 15) is 0 Å². The molecule has 1 aromatic rings. The van der Waals surface area contributed by atoms with Gasteiger partial charge in [-0.1, -0.05) is 6.92 Å². The van der Waals surface area contributed by atoms with Gasteiger partial charge in [0.05, 0.1) is 0 Å². The topological polar surface area (TPSA) is 20.2 Å². The molecule has 3 atom stereocenters. The SMILES string of the molecule is Cc1ccc(C)n1NC1CC(C)N(C)CC1C. The molecule has 0 amide bonds. The molecule has 1 saturated heterocycles. The molecule has 0 radical (unpaired) electrons. The Morgan fingerprint density at radius 3 is 2.35 bits per heavy atom. The molecule has 17 heavy (non-hydrogen) atoms. The summed E-state index contributed by atoms with van der Waals surface area (Å²) in [5, 5.41) is 0. The van der Waals surface area contributed by atoms with Gasteiger partial charge in [-0.05, 0) is 52.3 Å². The molecule has 0 saturated carbocycles. The van der Waals surface area contributed by atoms with Gasteiger partial charge in [0.1, 0.15) is 0 Å². The Labute approximate surface area is 105 Å². The highest BCUT2D eigenvalue weighted by Crippen LogP contribution is 2.22. The van der Waals surface area contributed by atoms with E-state index >= 15 is 0 Å². The van der Waals surface area contributed by atoms with E-state index in [2.05, 4.69) is 61.9 Å². The van der Waals surface area contributed by atoms with Gasteiger partial charge >= 0.3 is 0 Å². The van der Waals surface area contributed by atoms with Crippen molar-refractivity contribution in [3.8, 4) is 0 Å². The van der Waals surface area contributed by atoms with E-state index in [0.29, 0.717) is 18.0 Å². The van der Waals surface area contributed by atoms with E-state index in [1.165, 1.54) is 24.4 Å². The summed E-state index contributed by atoms with van der Waals surface area (Å²) in [5.74, 6) is 0.692. The molecule has 0 aliphatic carbocycles. The van der Waals surface area contributed by atoms with Crippen molar-refractivity contribution < 1.29 is 0 Å². The van der Waals surface area contributed by atoms with Crippen LogP contribution in [0.25, 0.3) is 0 Å². The highest BCUT2D eigenvalue weighted by molar-refractivity contribution is 5.16. The van der Waals surface area contributed by atoms with Crippen LogP contribution in [0.1, 0.15) is 31.7 Å². The highest BCUT2D eigenvalue weighted by Gasteiger charge is 2.29. The number of hydrogen-bond acceptors (Lipinski definition) is 2. The Kier molecular flexibility index (Phi) is 3.48. The summed E-state index contributed by atoms with van der Waals surface area (Å²) in [5.41, 5.74) is 6.27. The molecule has 3 unspecified atom stereocenters. The normalized spacial score (nSPS) is 30.5. The summed E-state index contributed by atoms with van der Waals surface area (Å²) in [6, 6.07) is 5.59. The maximum atomic E-state index is 3.69. The monoisotopic (exact) mass is 235 g/mol. The first kappa shape index (κ1) is 12.5. The summed E-state index contributed by atoms with van der Waals surface area (Å²) < 4.78 is 2.24. The second-order valence-electron chi connectivity index (χ2n) is 5.69. The summed E-state index contributed by atoms with van der Waals surface area (Å²) in [6.45, 7) is 10.1. The maximum Gasteiger partial charge on any atom is 0.0477 e. The molecule has 2 heterocycles. The van der Waals surface area contributed by atoms with Crippen molar-refractivity contribution >= 4 is 0 Å². The zero-order chi connectivity index (χ0) is 12.6. The first-order valence-corrected chi connectivity index (χ1v) is 6.60. The number of nitrogens with one attached hydrogen (secondary N) is 1. The van der Waals surface area contributed by atoms with Crippen molar-refractivity contribution in [3.05, 3.63) is 23.5 Å². The molecule has 1 fully saturated rings. The molecule has 3 heteroatoms. The molecule has 1 aromatic heterocycles. The number of nitrogens with zero attached hydrogens (tertiary/aromatic N) is 2. The lowest BCUT2D eigenvalue weighted by Crippen LogP contribution is -2.50. The first-order chi connectivity index (χ1) is 7.99. The summed E-state index contributed by atoms with van der Waals surface area (Å²) in [4.78, 5) is 2.46. The quantitative estimate of drug-likeness (QED) is 0.849. The van der Waals surface area contributed by atoms with E-state index < -0.39 is 0 Å². The highest BCUT2D eigenvalue weighted by atomic mass is 15.4. The molecule has 2 rings (SSSR count). The van der Waals surface area contributed by atoms with E-state index in [4.69, 9.17) is 0 Å². The third-order valence-electron chi connectivity index (χ3n) is 4.18. The van der Waals surface area contributed by atoms with Gasteiger partial charge in [-0.15, -0.1) is 0 Å². The number of piperidine rings is 1. The van der Waals surface area contributed by atoms with Gasteiger partial charge in [-0.3, -0.25) is 4.68 Å². The molecule has 1 aliphatic rings. The van der Waals surface area contributed by atoms with Crippen LogP contribution < -0.4 is 5.43 Å². The molecule has 0 bridgehead atoms. The lowest BCUT2D eigenvalue weighted by Gasteiger charge is -2.40. The zero-order valence-corrected chi connectivity index (χ0v) is 11.7. The van der Waals surface area contributed by atoms with Gasteiger partial charge in [0.15, 0.2) is 0 Å². The van der Waals surface area contributed by atoms with Gasteiger partial charge in [0.2, 0.25) is 0 Å². The number of aryl methyl sites for hydroxylation is 2. The fraction of sp³-hybridized carbons (Fsp3) is 0.714. The zero-order valence-electron chi connectivity index (χ0n) is 11.7. The average Bonchev–Trinajstić information content (AvgIpc) is 2.57. The van der Waals surface area contributed by atoms with Gasteiger partial charge in [0, 0.05) is 30.0 Å². The van der Waals surface area contributed by atoms with E-state index in [0.717, 1.165) is 0 Å². The van der Waals surface area contributed by atoms with Crippen molar-refractivity contribution in [2.24, 2.45) is 5.92 Å². The number of likely N-dealkylation sites (tertiary alicyclic amines) is 1. The standard InChI is InChI=1S/C14H25N3/c1-10-9-16(5)13(4)8-14(10)15-17-11(2)6-7-12(17)3/h6-7,10,13-15H,8-9H2,1-5H3. The fourth-order valence-corrected chi connectivity index (χ4v) is 2.76. The van der Waals surface area contributed by atoms with Crippen LogP contribution in [0.4, 0.5) is 0 Å².